The van der Waals surface area contributed by atoms with Gasteiger partial charge in [-0.3, -0.25) is 9.36 Å². The van der Waals surface area contributed by atoms with E-state index in [-0.39, 0.29) is 5.56 Å². The summed E-state index contributed by atoms with van der Waals surface area (Å²) in [7, 11) is 0. The van der Waals surface area contributed by atoms with Gasteiger partial charge in [0.15, 0.2) is 0 Å². The third kappa shape index (κ3) is 2.96. The molecule has 2 aromatic rings. The van der Waals surface area contributed by atoms with Crippen molar-refractivity contribution < 1.29 is 0 Å². The van der Waals surface area contributed by atoms with E-state index in [0.717, 1.165) is 34.9 Å². The normalized spacial score (nSPS) is 13.1. The fourth-order valence-electron chi connectivity index (χ4n) is 1.73. The maximum absolute atomic E-state index is 12.1. The van der Waals surface area contributed by atoms with Crippen molar-refractivity contribution in [3.05, 3.63) is 28.1 Å². The van der Waals surface area contributed by atoms with Crippen LogP contribution in [-0.2, 0) is 6.54 Å². The van der Waals surface area contributed by atoms with Gasteiger partial charge in [-0.2, -0.15) is 0 Å². The third-order valence-corrected chi connectivity index (χ3v) is 4.25. The van der Waals surface area contributed by atoms with Crippen LogP contribution in [0.5, 0.6) is 0 Å². The van der Waals surface area contributed by atoms with Crippen LogP contribution in [0, 0.1) is 5.92 Å². The Labute approximate surface area is 113 Å². The summed E-state index contributed by atoms with van der Waals surface area (Å²) in [5, 5.41) is 2.93. The van der Waals surface area contributed by atoms with Crippen LogP contribution in [0.25, 0.3) is 10.2 Å². The second-order valence-electron chi connectivity index (χ2n) is 4.25. The molecule has 92 valence electrons. The van der Waals surface area contributed by atoms with E-state index in [2.05, 4.69) is 27.8 Å². The van der Waals surface area contributed by atoms with Crippen molar-refractivity contribution in [2.24, 2.45) is 5.92 Å². The highest BCUT2D eigenvalue weighted by molar-refractivity contribution is 9.09. The van der Waals surface area contributed by atoms with Crippen molar-refractivity contribution in [2.45, 2.75) is 26.3 Å². The molecular weight excluding hydrogens is 300 g/mol. The van der Waals surface area contributed by atoms with Crippen molar-refractivity contribution in [1.82, 2.24) is 9.55 Å². The maximum atomic E-state index is 12.1. The van der Waals surface area contributed by atoms with E-state index in [1.807, 2.05) is 11.4 Å². The van der Waals surface area contributed by atoms with Gasteiger partial charge in [-0.15, -0.1) is 11.3 Å². The van der Waals surface area contributed by atoms with Crippen LogP contribution in [-0.4, -0.2) is 14.9 Å². The molecule has 0 saturated carbocycles. The standard InChI is InChI=1S/C12H15BrN2OS/c1-9(2-5-13)3-6-15-8-14-10-4-7-17-11(10)12(15)16/h4,7-9H,2-3,5-6H2,1H3. The van der Waals surface area contributed by atoms with E-state index in [1.54, 1.807) is 10.9 Å². The van der Waals surface area contributed by atoms with Gasteiger partial charge >= 0.3 is 0 Å². The fraction of sp³-hybridized carbons (Fsp3) is 0.500. The van der Waals surface area contributed by atoms with Crippen LogP contribution in [0.15, 0.2) is 22.6 Å². The lowest BCUT2D eigenvalue weighted by Gasteiger charge is -2.10. The number of alkyl halides is 1. The Kier molecular flexibility index (Phi) is 4.34. The summed E-state index contributed by atoms with van der Waals surface area (Å²) in [6.07, 6.45) is 3.83. The number of rotatable bonds is 5. The number of fused-ring (bicyclic) bond motifs is 1. The first-order chi connectivity index (χ1) is 8.22. The molecule has 0 aliphatic carbocycles. The number of hydrogen-bond acceptors (Lipinski definition) is 3. The summed E-state index contributed by atoms with van der Waals surface area (Å²) in [6.45, 7) is 2.97. The van der Waals surface area contributed by atoms with Crippen LogP contribution in [0.2, 0.25) is 0 Å². The third-order valence-electron chi connectivity index (χ3n) is 2.90. The first-order valence-corrected chi connectivity index (χ1v) is 7.71. The molecule has 0 spiro atoms. The molecule has 0 radical (unpaired) electrons. The highest BCUT2D eigenvalue weighted by Crippen LogP contribution is 2.14. The molecule has 0 fully saturated rings. The average molecular weight is 315 g/mol. The molecule has 3 nitrogen and oxygen atoms in total. The first-order valence-electron chi connectivity index (χ1n) is 5.71. The molecule has 0 aromatic carbocycles. The number of aryl methyl sites for hydroxylation is 1. The SMILES string of the molecule is CC(CCBr)CCn1cnc2ccsc2c1=O. The molecule has 0 aliphatic rings. The summed E-state index contributed by atoms with van der Waals surface area (Å²) in [6, 6.07) is 1.89. The Morgan fingerprint density at radius 1 is 1.53 bits per heavy atom. The number of aromatic nitrogens is 2. The molecule has 0 N–H and O–H groups in total. The van der Waals surface area contributed by atoms with Gasteiger partial charge < -0.3 is 0 Å². The second-order valence-corrected chi connectivity index (χ2v) is 5.96. The zero-order valence-corrected chi connectivity index (χ0v) is 12.1. The lowest BCUT2D eigenvalue weighted by molar-refractivity contribution is 0.465. The summed E-state index contributed by atoms with van der Waals surface area (Å²) in [5.74, 6) is 0.625. The van der Waals surface area contributed by atoms with Gasteiger partial charge in [0.2, 0.25) is 0 Å². The summed E-state index contributed by atoms with van der Waals surface area (Å²) >= 11 is 4.91. The van der Waals surface area contributed by atoms with E-state index < -0.39 is 0 Å². The first kappa shape index (κ1) is 12.8. The minimum absolute atomic E-state index is 0.0936. The summed E-state index contributed by atoms with van der Waals surface area (Å²) < 4.78 is 2.49. The van der Waals surface area contributed by atoms with Crippen molar-refractivity contribution in [3.63, 3.8) is 0 Å². The van der Waals surface area contributed by atoms with Gasteiger partial charge in [0.1, 0.15) is 4.70 Å². The molecule has 0 aliphatic heterocycles. The van der Waals surface area contributed by atoms with E-state index in [0.29, 0.717) is 5.92 Å². The molecule has 0 bridgehead atoms. The highest BCUT2D eigenvalue weighted by Gasteiger charge is 2.06. The quantitative estimate of drug-likeness (QED) is 0.794. The minimum atomic E-state index is 0.0936. The molecule has 1 unspecified atom stereocenters. The van der Waals surface area contributed by atoms with Crippen LogP contribution in [0.3, 0.4) is 0 Å². The second kappa shape index (κ2) is 5.78. The lowest BCUT2D eigenvalue weighted by Crippen LogP contribution is -2.20. The van der Waals surface area contributed by atoms with Gasteiger partial charge in [-0.1, -0.05) is 22.9 Å². The molecule has 0 saturated heterocycles. The number of halogens is 1. The number of thiophene rings is 1. The van der Waals surface area contributed by atoms with Crippen LogP contribution in [0.4, 0.5) is 0 Å². The molecule has 1 atom stereocenters. The zero-order chi connectivity index (χ0) is 12.3. The van der Waals surface area contributed by atoms with Crippen molar-refractivity contribution >= 4 is 37.5 Å². The Bertz CT molecular complexity index is 549. The molecule has 2 rings (SSSR count). The summed E-state index contributed by atoms with van der Waals surface area (Å²) in [5.41, 5.74) is 0.904. The van der Waals surface area contributed by atoms with E-state index in [1.165, 1.54) is 11.3 Å². The Balaban J connectivity index is 2.13. The van der Waals surface area contributed by atoms with E-state index in [4.69, 9.17) is 0 Å². The smallest absolute Gasteiger partial charge is 0.271 e. The molecule has 5 heteroatoms. The van der Waals surface area contributed by atoms with E-state index >= 15 is 0 Å². The van der Waals surface area contributed by atoms with E-state index in [9.17, 15) is 4.79 Å². The Morgan fingerprint density at radius 3 is 3.12 bits per heavy atom. The van der Waals surface area contributed by atoms with Crippen molar-refractivity contribution in [1.29, 1.82) is 0 Å². The number of hydrogen-bond donors (Lipinski definition) is 0. The van der Waals surface area contributed by atoms with Gasteiger partial charge in [0.25, 0.3) is 5.56 Å². The van der Waals surface area contributed by atoms with Gasteiger partial charge in [-0.05, 0) is 30.2 Å². The van der Waals surface area contributed by atoms with Gasteiger partial charge in [0, 0.05) is 11.9 Å². The maximum Gasteiger partial charge on any atom is 0.271 e. The molecule has 2 heterocycles. The largest absolute Gasteiger partial charge is 0.298 e. The highest BCUT2D eigenvalue weighted by atomic mass is 79.9. The average Bonchev–Trinajstić information content (AvgIpc) is 2.77. The summed E-state index contributed by atoms with van der Waals surface area (Å²) in [4.78, 5) is 16.4. The van der Waals surface area contributed by atoms with Crippen LogP contribution >= 0.6 is 27.3 Å². The fourth-order valence-corrected chi connectivity index (χ4v) is 3.30. The predicted octanol–water partition coefficient (Wildman–Crippen LogP) is 3.27. The van der Waals surface area contributed by atoms with Crippen molar-refractivity contribution in [3.8, 4) is 0 Å². The monoisotopic (exact) mass is 314 g/mol. The Hall–Kier alpha value is -0.680. The Morgan fingerprint density at radius 2 is 2.35 bits per heavy atom. The van der Waals surface area contributed by atoms with Crippen molar-refractivity contribution in [2.75, 3.05) is 5.33 Å². The van der Waals surface area contributed by atoms with Gasteiger partial charge in [-0.25, -0.2) is 4.98 Å². The van der Waals surface area contributed by atoms with Gasteiger partial charge in [0.05, 0.1) is 11.8 Å². The topological polar surface area (TPSA) is 34.9 Å². The minimum Gasteiger partial charge on any atom is -0.298 e. The molecule has 17 heavy (non-hydrogen) atoms. The van der Waals surface area contributed by atoms with Crippen LogP contribution < -0.4 is 5.56 Å². The lowest BCUT2D eigenvalue weighted by atomic mass is 10.1. The molecule has 2 aromatic heterocycles. The molecule has 0 amide bonds. The zero-order valence-electron chi connectivity index (χ0n) is 9.73. The van der Waals surface area contributed by atoms with Crippen LogP contribution in [0.1, 0.15) is 19.8 Å². The predicted molar refractivity (Wildman–Crippen MR) is 76.1 cm³/mol. The molecular formula is C12H15BrN2OS. The number of nitrogens with zero attached hydrogens (tertiary/aromatic N) is 2.